The number of alkyl halides is 3. The van der Waals surface area contributed by atoms with Crippen molar-refractivity contribution >= 4 is 5.91 Å². The van der Waals surface area contributed by atoms with E-state index in [2.05, 4.69) is 5.32 Å². The van der Waals surface area contributed by atoms with Gasteiger partial charge in [-0.25, -0.2) is 0 Å². The molecule has 1 aromatic carbocycles. The second kappa shape index (κ2) is 10.5. The second-order valence-corrected chi connectivity index (χ2v) is 8.14. The minimum absolute atomic E-state index is 0.0654. The smallest absolute Gasteiger partial charge is 0.417 e. The predicted octanol–water partition coefficient (Wildman–Crippen LogP) is 5.46. The molecule has 1 unspecified atom stereocenters. The number of benzene rings is 1. The van der Waals surface area contributed by atoms with Crippen LogP contribution in [-0.2, 0) is 11.0 Å². The van der Waals surface area contributed by atoms with E-state index in [0.717, 1.165) is 18.6 Å². The van der Waals surface area contributed by atoms with Crippen molar-refractivity contribution < 1.29 is 22.7 Å². The summed E-state index contributed by atoms with van der Waals surface area (Å²) in [5, 5.41) is 11.8. The van der Waals surface area contributed by atoms with Crippen molar-refractivity contribution in [1.29, 1.82) is 5.26 Å². The molecule has 160 valence electrons. The molecule has 1 saturated carbocycles. The number of halogens is 3. The average molecular weight is 410 g/mol. The summed E-state index contributed by atoms with van der Waals surface area (Å²) >= 11 is 0. The van der Waals surface area contributed by atoms with Gasteiger partial charge in [0.05, 0.1) is 17.2 Å². The van der Waals surface area contributed by atoms with Crippen molar-refractivity contribution in [2.45, 2.75) is 71.1 Å². The molecule has 1 aromatic rings. The van der Waals surface area contributed by atoms with Gasteiger partial charge in [-0.05, 0) is 42.9 Å². The van der Waals surface area contributed by atoms with Crippen LogP contribution in [-0.4, -0.2) is 18.6 Å². The van der Waals surface area contributed by atoms with E-state index in [1.807, 2.05) is 13.8 Å². The van der Waals surface area contributed by atoms with Gasteiger partial charge in [0.2, 0.25) is 0 Å². The normalized spacial score (nSPS) is 16.3. The van der Waals surface area contributed by atoms with Gasteiger partial charge < -0.3 is 10.1 Å². The van der Waals surface area contributed by atoms with E-state index in [9.17, 15) is 18.0 Å². The van der Waals surface area contributed by atoms with Crippen molar-refractivity contribution in [3.8, 4) is 11.8 Å². The number of amides is 1. The summed E-state index contributed by atoms with van der Waals surface area (Å²) in [5.74, 6) is 0.378. The molecule has 0 heterocycles. The lowest BCUT2D eigenvalue weighted by Crippen LogP contribution is -2.40. The number of carbonyl (C=O) groups excluding carboxylic acids is 1. The van der Waals surface area contributed by atoms with Gasteiger partial charge in [0, 0.05) is 6.54 Å². The highest BCUT2D eigenvalue weighted by Gasteiger charge is 2.34. The van der Waals surface area contributed by atoms with Crippen LogP contribution in [0.5, 0.6) is 5.75 Å². The third-order valence-electron chi connectivity index (χ3n) is 5.25. The van der Waals surface area contributed by atoms with Crippen LogP contribution in [0.3, 0.4) is 0 Å². The van der Waals surface area contributed by atoms with Crippen LogP contribution in [0.15, 0.2) is 18.2 Å². The zero-order chi connectivity index (χ0) is 21.4. The molecule has 4 nitrogen and oxygen atoms in total. The lowest BCUT2D eigenvalue weighted by atomic mass is 9.87. The first-order valence-electron chi connectivity index (χ1n) is 10.3. The maximum Gasteiger partial charge on any atom is 0.417 e. The van der Waals surface area contributed by atoms with Gasteiger partial charge in [-0.15, -0.1) is 0 Å². The summed E-state index contributed by atoms with van der Waals surface area (Å²) in [6, 6.07) is 4.71. The molecule has 1 N–H and O–H groups in total. The Balaban J connectivity index is 2.04. The molecular weight excluding hydrogens is 381 g/mol. The minimum atomic E-state index is -4.67. The van der Waals surface area contributed by atoms with Gasteiger partial charge in [0.15, 0.2) is 6.10 Å². The molecule has 0 aliphatic heterocycles. The summed E-state index contributed by atoms with van der Waals surface area (Å²) in [4.78, 5) is 12.6. The predicted molar refractivity (Wildman–Crippen MR) is 104 cm³/mol. The summed E-state index contributed by atoms with van der Waals surface area (Å²) in [6.45, 7) is 4.39. The topological polar surface area (TPSA) is 62.1 Å². The maximum absolute atomic E-state index is 13.2. The molecule has 1 fully saturated rings. The Morgan fingerprint density at radius 3 is 2.55 bits per heavy atom. The van der Waals surface area contributed by atoms with Crippen LogP contribution in [0.4, 0.5) is 13.2 Å². The number of nitriles is 1. The maximum atomic E-state index is 13.2. The van der Waals surface area contributed by atoms with Crippen LogP contribution in [0.2, 0.25) is 0 Å². The summed E-state index contributed by atoms with van der Waals surface area (Å²) in [5.41, 5.74) is -1.53. The SMILES string of the molecule is CC(C)CC(Oc1ccc(C#N)c(C(F)(F)F)c1)C(=O)NCCC1CCCCC1. The van der Waals surface area contributed by atoms with E-state index in [0.29, 0.717) is 18.9 Å². The van der Waals surface area contributed by atoms with Gasteiger partial charge in [0.25, 0.3) is 5.91 Å². The third-order valence-corrected chi connectivity index (χ3v) is 5.25. The third kappa shape index (κ3) is 7.26. The zero-order valence-electron chi connectivity index (χ0n) is 17.0. The standard InChI is InChI=1S/C22H29F3N2O2/c1-15(2)12-20(21(28)27-11-10-16-6-4-3-5-7-16)29-18-9-8-17(14-26)19(13-18)22(23,24)25/h8-9,13,15-16,20H,3-7,10-12H2,1-2H3,(H,27,28). The quantitative estimate of drug-likeness (QED) is 0.619. The Labute approximate surface area is 170 Å². The summed E-state index contributed by atoms with van der Waals surface area (Å²) < 4.78 is 45.2. The Bertz CT molecular complexity index is 720. The second-order valence-electron chi connectivity index (χ2n) is 8.14. The number of hydrogen-bond donors (Lipinski definition) is 1. The fourth-order valence-electron chi connectivity index (χ4n) is 3.72. The molecule has 1 amide bonds. The Morgan fingerprint density at radius 1 is 1.28 bits per heavy atom. The van der Waals surface area contributed by atoms with Gasteiger partial charge >= 0.3 is 6.18 Å². The molecule has 1 atom stereocenters. The van der Waals surface area contributed by atoms with E-state index >= 15 is 0 Å². The Hall–Kier alpha value is -2.23. The van der Waals surface area contributed by atoms with E-state index in [1.165, 1.54) is 38.2 Å². The highest BCUT2D eigenvalue weighted by atomic mass is 19.4. The number of ether oxygens (including phenoxy) is 1. The van der Waals surface area contributed by atoms with Crippen LogP contribution in [0.1, 0.15) is 69.9 Å². The van der Waals surface area contributed by atoms with Crippen molar-refractivity contribution in [2.75, 3.05) is 6.54 Å². The number of nitrogens with one attached hydrogen (secondary N) is 1. The van der Waals surface area contributed by atoms with Crippen molar-refractivity contribution in [2.24, 2.45) is 11.8 Å². The van der Waals surface area contributed by atoms with Gasteiger partial charge in [-0.1, -0.05) is 46.0 Å². The number of nitrogens with zero attached hydrogens (tertiary/aromatic N) is 1. The first-order chi connectivity index (χ1) is 13.7. The largest absolute Gasteiger partial charge is 0.481 e. The number of hydrogen-bond acceptors (Lipinski definition) is 3. The molecule has 29 heavy (non-hydrogen) atoms. The molecule has 0 saturated heterocycles. The Kier molecular flexibility index (Phi) is 8.36. The van der Waals surface area contributed by atoms with Crippen LogP contribution >= 0.6 is 0 Å². The lowest BCUT2D eigenvalue weighted by Gasteiger charge is -2.23. The van der Waals surface area contributed by atoms with E-state index in [-0.39, 0.29) is 17.6 Å². The fraction of sp³-hybridized carbons (Fsp3) is 0.636. The van der Waals surface area contributed by atoms with Gasteiger partial charge in [-0.3, -0.25) is 4.79 Å². The lowest BCUT2D eigenvalue weighted by molar-refractivity contribution is -0.137. The highest BCUT2D eigenvalue weighted by molar-refractivity contribution is 5.81. The van der Waals surface area contributed by atoms with E-state index in [4.69, 9.17) is 10.00 Å². The van der Waals surface area contributed by atoms with Crippen LogP contribution in [0, 0.1) is 23.2 Å². The molecule has 0 radical (unpaired) electrons. The summed E-state index contributed by atoms with van der Waals surface area (Å²) in [7, 11) is 0. The Morgan fingerprint density at radius 2 is 1.97 bits per heavy atom. The molecule has 1 aliphatic rings. The first kappa shape index (κ1) is 23.1. The molecule has 7 heteroatoms. The minimum Gasteiger partial charge on any atom is -0.481 e. The van der Waals surface area contributed by atoms with Crippen molar-refractivity contribution in [3.05, 3.63) is 29.3 Å². The molecule has 0 spiro atoms. The van der Waals surface area contributed by atoms with Crippen LogP contribution in [0.25, 0.3) is 0 Å². The monoisotopic (exact) mass is 410 g/mol. The summed E-state index contributed by atoms with van der Waals surface area (Å²) in [6.07, 6.45) is 1.87. The van der Waals surface area contributed by atoms with E-state index < -0.39 is 23.4 Å². The van der Waals surface area contributed by atoms with Gasteiger partial charge in [0.1, 0.15) is 5.75 Å². The van der Waals surface area contributed by atoms with Crippen molar-refractivity contribution in [1.82, 2.24) is 5.32 Å². The fourth-order valence-corrected chi connectivity index (χ4v) is 3.72. The number of carbonyl (C=O) groups is 1. The number of rotatable bonds is 8. The molecule has 2 rings (SSSR count). The molecule has 0 aromatic heterocycles. The zero-order valence-corrected chi connectivity index (χ0v) is 17.0. The van der Waals surface area contributed by atoms with Crippen molar-refractivity contribution in [3.63, 3.8) is 0 Å². The average Bonchev–Trinajstić information content (AvgIpc) is 2.67. The molecular formula is C22H29F3N2O2. The highest BCUT2D eigenvalue weighted by Crippen LogP contribution is 2.34. The first-order valence-corrected chi connectivity index (χ1v) is 10.3. The van der Waals surface area contributed by atoms with Crippen LogP contribution < -0.4 is 10.1 Å². The molecule has 0 bridgehead atoms. The van der Waals surface area contributed by atoms with Gasteiger partial charge in [-0.2, -0.15) is 18.4 Å². The van der Waals surface area contributed by atoms with E-state index in [1.54, 1.807) is 6.07 Å². The molecule has 1 aliphatic carbocycles.